The summed E-state index contributed by atoms with van der Waals surface area (Å²) in [5.74, 6) is 0. The van der Waals surface area contributed by atoms with Crippen molar-refractivity contribution in [3.05, 3.63) is 28.8 Å². The summed E-state index contributed by atoms with van der Waals surface area (Å²) in [6, 6.07) is 3.44. The van der Waals surface area contributed by atoms with Crippen LogP contribution in [0.3, 0.4) is 0 Å². The molecule has 0 bridgehead atoms. The van der Waals surface area contributed by atoms with Gasteiger partial charge in [-0.25, -0.2) is 17.2 Å². The van der Waals surface area contributed by atoms with Crippen molar-refractivity contribution in [2.45, 2.75) is 24.7 Å². The number of nitriles is 1. The van der Waals surface area contributed by atoms with Crippen molar-refractivity contribution in [2.75, 3.05) is 0 Å². The van der Waals surface area contributed by atoms with Crippen molar-refractivity contribution in [2.24, 2.45) is 0 Å². The van der Waals surface area contributed by atoms with Crippen LogP contribution in [0.2, 0.25) is 0 Å². The van der Waals surface area contributed by atoms with E-state index in [4.69, 9.17) is 15.9 Å². The molecule has 0 saturated heterocycles. The van der Waals surface area contributed by atoms with Gasteiger partial charge in [0.25, 0.3) is 15.5 Å². The first-order valence-electron chi connectivity index (χ1n) is 4.61. The van der Waals surface area contributed by atoms with Gasteiger partial charge in [-0.2, -0.15) is 5.26 Å². The third kappa shape index (κ3) is 2.93. The van der Waals surface area contributed by atoms with Gasteiger partial charge in [-0.05, 0) is 24.1 Å². The molecule has 0 saturated carbocycles. The highest BCUT2D eigenvalue weighted by Gasteiger charge is 2.21. The molecule has 1 aromatic carbocycles. The molecule has 0 heterocycles. The van der Waals surface area contributed by atoms with Gasteiger partial charge in [0.05, 0.1) is 16.5 Å². The summed E-state index contributed by atoms with van der Waals surface area (Å²) in [7, 11) is 1.13. The van der Waals surface area contributed by atoms with Crippen molar-refractivity contribution in [3.63, 3.8) is 0 Å². The molecule has 1 rings (SSSR count). The fourth-order valence-electron chi connectivity index (χ4n) is 1.42. The van der Waals surface area contributed by atoms with E-state index < -0.39 is 21.0 Å². The van der Waals surface area contributed by atoms with Gasteiger partial charge in [0.1, 0.15) is 0 Å². The van der Waals surface area contributed by atoms with Crippen molar-refractivity contribution in [1.29, 1.82) is 5.26 Å². The molecule has 17 heavy (non-hydrogen) atoms. The van der Waals surface area contributed by atoms with E-state index in [1.165, 1.54) is 6.07 Å². The standard InChI is InChI=1S/C10H8ClF2NO2S/c1-2-6-3-8(10(12)13)7(5-14)4-9(6)17(11,15)16/h3-4,10H,2H2,1H3. The van der Waals surface area contributed by atoms with E-state index in [-0.39, 0.29) is 22.4 Å². The number of hydrogen-bond donors (Lipinski definition) is 0. The van der Waals surface area contributed by atoms with Gasteiger partial charge in [0.2, 0.25) is 0 Å². The van der Waals surface area contributed by atoms with Crippen LogP contribution in [0.5, 0.6) is 0 Å². The lowest BCUT2D eigenvalue weighted by molar-refractivity contribution is 0.151. The second kappa shape index (κ2) is 4.98. The zero-order valence-corrected chi connectivity index (χ0v) is 10.3. The first kappa shape index (κ1) is 13.9. The molecule has 7 heteroatoms. The number of nitrogens with zero attached hydrogens (tertiary/aromatic N) is 1. The number of aryl methyl sites for hydroxylation is 1. The number of alkyl halides is 2. The van der Waals surface area contributed by atoms with Gasteiger partial charge in [0, 0.05) is 16.2 Å². The number of hydrogen-bond acceptors (Lipinski definition) is 3. The largest absolute Gasteiger partial charge is 0.265 e. The predicted molar refractivity (Wildman–Crippen MR) is 58.5 cm³/mol. The highest BCUT2D eigenvalue weighted by Crippen LogP contribution is 2.29. The minimum atomic E-state index is -4.04. The lowest BCUT2D eigenvalue weighted by Crippen LogP contribution is -2.02. The number of halogens is 3. The average Bonchev–Trinajstić information content (AvgIpc) is 2.25. The van der Waals surface area contributed by atoms with Crippen molar-refractivity contribution in [3.8, 4) is 6.07 Å². The molecule has 0 aliphatic rings. The van der Waals surface area contributed by atoms with E-state index in [0.29, 0.717) is 0 Å². The third-order valence-corrected chi connectivity index (χ3v) is 3.64. The molecule has 1 aromatic rings. The van der Waals surface area contributed by atoms with Crippen LogP contribution >= 0.6 is 10.7 Å². The summed E-state index contributed by atoms with van der Waals surface area (Å²) in [6.45, 7) is 1.61. The fraction of sp³-hybridized carbons (Fsp3) is 0.300. The van der Waals surface area contributed by atoms with Crippen LogP contribution in [0.4, 0.5) is 8.78 Å². The second-order valence-corrected chi connectivity index (χ2v) is 5.79. The van der Waals surface area contributed by atoms with Crippen LogP contribution in [0.25, 0.3) is 0 Å². The van der Waals surface area contributed by atoms with E-state index in [0.717, 1.165) is 12.1 Å². The van der Waals surface area contributed by atoms with Gasteiger partial charge in [-0.3, -0.25) is 0 Å². The van der Waals surface area contributed by atoms with Gasteiger partial charge in [-0.15, -0.1) is 0 Å². The Kier molecular flexibility index (Phi) is 4.07. The Bertz CT molecular complexity index is 579. The molecule has 0 N–H and O–H groups in total. The first-order chi connectivity index (χ1) is 7.81. The summed E-state index contributed by atoms with van der Waals surface area (Å²) < 4.78 is 47.7. The Morgan fingerprint density at radius 3 is 2.41 bits per heavy atom. The molecule has 0 unspecified atom stereocenters. The quantitative estimate of drug-likeness (QED) is 0.799. The van der Waals surface area contributed by atoms with Crippen molar-refractivity contribution >= 4 is 19.7 Å². The summed E-state index contributed by atoms with van der Waals surface area (Å²) in [5, 5.41) is 8.70. The van der Waals surface area contributed by atoms with Crippen LogP contribution < -0.4 is 0 Å². The predicted octanol–water partition coefficient (Wildman–Crippen LogP) is 2.99. The third-order valence-electron chi connectivity index (χ3n) is 2.23. The Hall–Kier alpha value is -1.19. The maximum atomic E-state index is 12.6. The van der Waals surface area contributed by atoms with Crippen molar-refractivity contribution in [1.82, 2.24) is 0 Å². The fourth-order valence-corrected chi connectivity index (χ4v) is 2.63. The minimum Gasteiger partial charge on any atom is -0.207 e. The van der Waals surface area contributed by atoms with Gasteiger partial charge in [-0.1, -0.05) is 6.92 Å². The molecule has 0 fully saturated rings. The molecular weight excluding hydrogens is 272 g/mol. The van der Waals surface area contributed by atoms with E-state index in [9.17, 15) is 17.2 Å². The Morgan fingerprint density at radius 1 is 1.47 bits per heavy atom. The van der Waals surface area contributed by atoms with E-state index in [1.54, 1.807) is 6.92 Å². The molecular formula is C10H8ClF2NO2S. The topological polar surface area (TPSA) is 57.9 Å². The Labute approximate surface area is 102 Å². The average molecular weight is 280 g/mol. The number of benzene rings is 1. The maximum absolute atomic E-state index is 12.6. The summed E-state index contributed by atoms with van der Waals surface area (Å²) >= 11 is 0. The summed E-state index contributed by atoms with van der Waals surface area (Å²) in [4.78, 5) is -0.289. The first-order valence-corrected chi connectivity index (χ1v) is 6.92. The second-order valence-electron chi connectivity index (χ2n) is 3.25. The lowest BCUT2D eigenvalue weighted by Gasteiger charge is -2.09. The highest BCUT2D eigenvalue weighted by molar-refractivity contribution is 8.13. The number of rotatable bonds is 3. The molecule has 0 amide bonds. The van der Waals surface area contributed by atoms with E-state index >= 15 is 0 Å². The molecule has 0 aliphatic carbocycles. The molecule has 0 atom stereocenters. The Balaban J connectivity index is 3.62. The monoisotopic (exact) mass is 279 g/mol. The van der Waals surface area contributed by atoms with Crippen molar-refractivity contribution < 1.29 is 17.2 Å². The smallest absolute Gasteiger partial charge is 0.207 e. The molecule has 0 spiro atoms. The van der Waals surface area contributed by atoms with E-state index in [1.807, 2.05) is 0 Å². The molecule has 92 valence electrons. The SMILES string of the molecule is CCc1cc(C(F)F)c(C#N)cc1S(=O)(=O)Cl. The minimum absolute atomic E-state index is 0.175. The summed E-state index contributed by atoms with van der Waals surface area (Å²) in [6.07, 6.45) is -2.60. The lowest BCUT2D eigenvalue weighted by atomic mass is 10.0. The zero-order chi connectivity index (χ0) is 13.2. The van der Waals surface area contributed by atoms with Crippen LogP contribution in [0, 0.1) is 11.3 Å². The van der Waals surface area contributed by atoms with Gasteiger partial charge >= 0.3 is 0 Å². The summed E-state index contributed by atoms with van der Waals surface area (Å²) in [5.41, 5.74) is -0.681. The van der Waals surface area contributed by atoms with Crippen LogP contribution in [-0.2, 0) is 15.5 Å². The van der Waals surface area contributed by atoms with E-state index in [2.05, 4.69) is 0 Å². The van der Waals surface area contributed by atoms with Crippen LogP contribution in [0.15, 0.2) is 17.0 Å². The molecule has 0 aromatic heterocycles. The van der Waals surface area contributed by atoms with Crippen LogP contribution in [0.1, 0.15) is 30.0 Å². The normalized spacial score (nSPS) is 11.5. The highest BCUT2D eigenvalue weighted by atomic mass is 35.7. The maximum Gasteiger partial charge on any atom is 0.265 e. The van der Waals surface area contributed by atoms with Crippen LogP contribution in [-0.4, -0.2) is 8.42 Å². The van der Waals surface area contributed by atoms with Gasteiger partial charge in [0.15, 0.2) is 0 Å². The Morgan fingerprint density at radius 2 is 2.06 bits per heavy atom. The molecule has 0 radical (unpaired) electrons. The molecule has 0 aliphatic heterocycles. The zero-order valence-electron chi connectivity index (χ0n) is 8.75. The van der Waals surface area contributed by atoms with Gasteiger partial charge < -0.3 is 0 Å². The molecule has 3 nitrogen and oxygen atoms in total.